The van der Waals surface area contributed by atoms with Crippen molar-refractivity contribution in [2.45, 2.75) is 24.5 Å². The number of rotatable bonds is 9. The first kappa shape index (κ1) is 19.4. The van der Waals surface area contributed by atoms with Crippen LogP contribution < -0.4 is 15.5 Å². The fraction of sp³-hybridized carbons (Fsp3) is 0.467. The Balaban J connectivity index is 2.49. The number of hydrogen-bond donors (Lipinski definition) is 3. The van der Waals surface area contributed by atoms with Gasteiger partial charge in [-0.15, -0.1) is 0 Å². The highest BCUT2D eigenvalue weighted by molar-refractivity contribution is 7.99. The number of likely N-dealkylation sites (N-methyl/N-ethyl adjacent to an activating group) is 2. The van der Waals surface area contributed by atoms with Crippen molar-refractivity contribution >= 4 is 29.3 Å². The van der Waals surface area contributed by atoms with Gasteiger partial charge in [-0.2, -0.15) is 8.78 Å². The fourth-order valence-electron chi connectivity index (χ4n) is 1.95. The maximum Gasteiger partial charge on any atom is 0.288 e. The standard InChI is InChI=1S/C15H21F2N3O2S/c1-3-18-13(21)9-20(4-2)10-14(22)19-11-5-7-12(8-6-11)23-15(16)17/h5-8,15H,3-4,9-10H2,1-2H3,(H,18,21)(H,19,22)/p+1. The molecule has 0 fully saturated rings. The van der Waals surface area contributed by atoms with E-state index in [1.807, 2.05) is 13.8 Å². The highest BCUT2D eigenvalue weighted by Gasteiger charge is 2.16. The molecule has 1 aromatic carbocycles. The summed E-state index contributed by atoms with van der Waals surface area (Å²) in [7, 11) is 0. The van der Waals surface area contributed by atoms with Gasteiger partial charge in [0.1, 0.15) is 0 Å². The van der Waals surface area contributed by atoms with Crippen LogP contribution in [0.1, 0.15) is 13.8 Å². The second-order valence-electron chi connectivity index (χ2n) is 4.86. The molecule has 0 radical (unpaired) electrons. The number of hydrogen-bond acceptors (Lipinski definition) is 3. The van der Waals surface area contributed by atoms with Gasteiger partial charge in [0, 0.05) is 17.1 Å². The lowest BCUT2D eigenvalue weighted by Gasteiger charge is -2.16. The quantitative estimate of drug-likeness (QED) is 0.584. The van der Waals surface area contributed by atoms with E-state index in [0.29, 0.717) is 35.4 Å². The van der Waals surface area contributed by atoms with Crippen molar-refractivity contribution in [1.29, 1.82) is 0 Å². The highest BCUT2D eigenvalue weighted by atomic mass is 32.2. The number of benzene rings is 1. The van der Waals surface area contributed by atoms with Gasteiger partial charge in [0.2, 0.25) is 0 Å². The molecular formula is C15H22F2N3O2S+. The number of alkyl halides is 2. The van der Waals surface area contributed by atoms with E-state index in [9.17, 15) is 18.4 Å². The van der Waals surface area contributed by atoms with Crippen molar-refractivity contribution in [3.8, 4) is 0 Å². The van der Waals surface area contributed by atoms with Crippen molar-refractivity contribution < 1.29 is 23.3 Å². The van der Waals surface area contributed by atoms with E-state index in [1.165, 1.54) is 12.1 Å². The van der Waals surface area contributed by atoms with Crippen LogP contribution in [0, 0.1) is 0 Å². The number of carbonyl (C=O) groups excluding carboxylic acids is 2. The Labute approximate surface area is 138 Å². The summed E-state index contributed by atoms with van der Waals surface area (Å²) in [6.45, 7) is 5.35. The van der Waals surface area contributed by atoms with E-state index >= 15 is 0 Å². The molecule has 0 saturated carbocycles. The highest BCUT2D eigenvalue weighted by Crippen LogP contribution is 2.25. The van der Waals surface area contributed by atoms with E-state index in [0.717, 1.165) is 4.90 Å². The van der Waals surface area contributed by atoms with Crippen molar-refractivity contribution in [2.75, 3.05) is 31.5 Å². The summed E-state index contributed by atoms with van der Waals surface area (Å²) in [5.74, 6) is -2.78. The molecule has 1 aromatic rings. The van der Waals surface area contributed by atoms with Crippen molar-refractivity contribution in [3.63, 3.8) is 0 Å². The minimum atomic E-state index is -2.47. The lowest BCUT2D eigenvalue weighted by atomic mass is 10.3. The molecular weight excluding hydrogens is 324 g/mol. The Morgan fingerprint density at radius 3 is 2.26 bits per heavy atom. The lowest BCUT2D eigenvalue weighted by molar-refractivity contribution is -0.881. The molecule has 128 valence electrons. The molecule has 1 atom stereocenters. The van der Waals surface area contributed by atoms with Crippen LogP contribution in [0.2, 0.25) is 0 Å². The maximum absolute atomic E-state index is 12.2. The Morgan fingerprint density at radius 1 is 1.13 bits per heavy atom. The minimum absolute atomic E-state index is 0.0921. The van der Waals surface area contributed by atoms with Gasteiger partial charge in [-0.3, -0.25) is 9.59 Å². The third-order valence-corrected chi connectivity index (χ3v) is 3.78. The molecule has 0 spiro atoms. The van der Waals surface area contributed by atoms with Gasteiger partial charge >= 0.3 is 0 Å². The summed E-state index contributed by atoms with van der Waals surface area (Å²) < 4.78 is 24.5. The van der Waals surface area contributed by atoms with E-state index < -0.39 is 5.76 Å². The Bertz CT molecular complexity index is 512. The van der Waals surface area contributed by atoms with Crippen LogP contribution in [0.3, 0.4) is 0 Å². The van der Waals surface area contributed by atoms with Gasteiger partial charge < -0.3 is 15.5 Å². The Hall–Kier alpha value is -1.67. The van der Waals surface area contributed by atoms with Crippen molar-refractivity contribution in [3.05, 3.63) is 24.3 Å². The van der Waals surface area contributed by atoms with Gasteiger partial charge in [0.25, 0.3) is 17.6 Å². The molecule has 0 aliphatic heterocycles. The molecule has 1 rings (SSSR count). The summed E-state index contributed by atoms with van der Waals surface area (Å²) in [5, 5.41) is 5.40. The van der Waals surface area contributed by atoms with Crippen LogP contribution in [0.25, 0.3) is 0 Å². The third kappa shape index (κ3) is 7.94. The number of halogens is 2. The zero-order chi connectivity index (χ0) is 17.2. The number of thioether (sulfide) groups is 1. The average Bonchev–Trinajstić information content (AvgIpc) is 2.48. The van der Waals surface area contributed by atoms with E-state index in [2.05, 4.69) is 10.6 Å². The summed E-state index contributed by atoms with van der Waals surface area (Å²) in [6, 6.07) is 6.23. The topological polar surface area (TPSA) is 62.6 Å². The molecule has 23 heavy (non-hydrogen) atoms. The lowest BCUT2D eigenvalue weighted by Crippen LogP contribution is -3.14. The molecule has 1 unspecified atom stereocenters. The number of quaternary nitrogens is 1. The molecule has 2 amide bonds. The molecule has 3 N–H and O–H groups in total. The van der Waals surface area contributed by atoms with Crippen LogP contribution in [-0.2, 0) is 9.59 Å². The first-order valence-electron chi connectivity index (χ1n) is 7.39. The Kier molecular flexibility index (Phi) is 8.57. The fourth-order valence-corrected chi connectivity index (χ4v) is 2.45. The normalized spacial score (nSPS) is 12.0. The molecule has 5 nitrogen and oxygen atoms in total. The summed E-state index contributed by atoms with van der Waals surface area (Å²) >= 11 is 0.457. The smallest absolute Gasteiger partial charge is 0.288 e. The second-order valence-corrected chi connectivity index (χ2v) is 5.93. The molecule has 8 heteroatoms. The van der Waals surface area contributed by atoms with E-state index in [1.54, 1.807) is 12.1 Å². The van der Waals surface area contributed by atoms with Gasteiger partial charge in [0.15, 0.2) is 13.1 Å². The average molecular weight is 346 g/mol. The van der Waals surface area contributed by atoms with Crippen LogP contribution in [0.4, 0.5) is 14.5 Å². The largest absolute Gasteiger partial charge is 0.351 e. The maximum atomic E-state index is 12.2. The zero-order valence-electron chi connectivity index (χ0n) is 13.2. The first-order valence-corrected chi connectivity index (χ1v) is 8.27. The first-order chi connectivity index (χ1) is 10.9. The van der Waals surface area contributed by atoms with Crippen LogP contribution in [-0.4, -0.2) is 43.8 Å². The molecule has 0 aromatic heterocycles. The predicted octanol–water partition coefficient (Wildman–Crippen LogP) is 0.981. The minimum Gasteiger partial charge on any atom is -0.351 e. The number of anilines is 1. The molecule has 0 saturated heterocycles. The van der Waals surface area contributed by atoms with E-state index in [-0.39, 0.29) is 24.9 Å². The summed E-state index contributed by atoms with van der Waals surface area (Å²) in [6.07, 6.45) is 0. The number of carbonyl (C=O) groups is 2. The predicted molar refractivity (Wildman–Crippen MR) is 86.9 cm³/mol. The molecule has 0 aliphatic rings. The SMILES string of the molecule is CCNC(=O)C[NH+](CC)CC(=O)Nc1ccc(SC(F)F)cc1. The van der Waals surface area contributed by atoms with Gasteiger partial charge in [-0.05, 0) is 38.1 Å². The third-order valence-electron chi connectivity index (χ3n) is 3.06. The summed E-state index contributed by atoms with van der Waals surface area (Å²) in [5.41, 5.74) is 0.544. The van der Waals surface area contributed by atoms with Gasteiger partial charge in [0.05, 0.1) is 6.54 Å². The Morgan fingerprint density at radius 2 is 1.74 bits per heavy atom. The van der Waals surface area contributed by atoms with Crippen LogP contribution >= 0.6 is 11.8 Å². The zero-order valence-corrected chi connectivity index (χ0v) is 14.0. The monoisotopic (exact) mass is 346 g/mol. The van der Waals surface area contributed by atoms with Crippen molar-refractivity contribution in [1.82, 2.24) is 5.32 Å². The van der Waals surface area contributed by atoms with Crippen molar-refractivity contribution in [2.24, 2.45) is 0 Å². The number of amides is 2. The molecule has 0 bridgehead atoms. The number of nitrogens with one attached hydrogen (secondary N) is 3. The van der Waals surface area contributed by atoms with E-state index in [4.69, 9.17) is 0 Å². The second kappa shape index (κ2) is 10.2. The van der Waals surface area contributed by atoms with Gasteiger partial charge in [-0.25, -0.2) is 0 Å². The molecule has 0 heterocycles. The van der Waals surface area contributed by atoms with Gasteiger partial charge in [-0.1, -0.05) is 11.8 Å². The van der Waals surface area contributed by atoms with Crippen LogP contribution in [0.5, 0.6) is 0 Å². The molecule has 0 aliphatic carbocycles. The van der Waals surface area contributed by atoms with Crippen LogP contribution in [0.15, 0.2) is 29.2 Å². The summed E-state index contributed by atoms with van der Waals surface area (Å²) in [4.78, 5) is 24.8.